The van der Waals surface area contributed by atoms with Gasteiger partial charge in [0.2, 0.25) is 5.91 Å². The normalized spacial score (nSPS) is 16.1. The lowest BCUT2D eigenvalue weighted by Gasteiger charge is -2.34. The molecule has 1 aromatic carbocycles. The minimum absolute atomic E-state index is 0.0740. The van der Waals surface area contributed by atoms with Crippen molar-refractivity contribution < 1.29 is 9.18 Å². The number of benzene rings is 1. The van der Waals surface area contributed by atoms with Gasteiger partial charge < -0.3 is 15.1 Å². The second-order valence-electron chi connectivity index (χ2n) is 4.75. The molecule has 0 bridgehead atoms. The average Bonchev–Trinajstić information content (AvgIpc) is 2.40. The van der Waals surface area contributed by atoms with Crippen molar-refractivity contribution in [3.63, 3.8) is 0 Å². The molecule has 0 atom stereocenters. The van der Waals surface area contributed by atoms with Crippen LogP contribution in [-0.4, -0.2) is 44.0 Å². The lowest BCUT2D eigenvalue weighted by atomic mass is 10.1. The molecule has 104 valence electrons. The van der Waals surface area contributed by atoms with E-state index in [0.717, 1.165) is 18.8 Å². The Morgan fingerprint density at radius 3 is 2.84 bits per heavy atom. The minimum atomic E-state index is -0.218. The van der Waals surface area contributed by atoms with Gasteiger partial charge in [-0.1, -0.05) is 13.0 Å². The number of carbonyl (C=O) groups excluding carboxylic acids is 1. The molecule has 2 rings (SSSR count). The first-order valence-corrected chi connectivity index (χ1v) is 6.60. The van der Waals surface area contributed by atoms with E-state index in [9.17, 15) is 9.18 Å². The Hall–Kier alpha value is -1.62. The number of rotatable bonds is 4. The van der Waals surface area contributed by atoms with Crippen molar-refractivity contribution in [1.82, 2.24) is 10.2 Å². The summed E-state index contributed by atoms with van der Waals surface area (Å²) in [7, 11) is 1.80. The van der Waals surface area contributed by atoms with Crippen LogP contribution in [0.1, 0.15) is 12.5 Å². The van der Waals surface area contributed by atoms with Crippen LogP contribution in [0.15, 0.2) is 18.2 Å². The van der Waals surface area contributed by atoms with E-state index in [-0.39, 0.29) is 11.7 Å². The highest BCUT2D eigenvalue weighted by atomic mass is 19.1. The van der Waals surface area contributed by atoms with E-state index in [1.807, 2.05) is 17.9 Å². The van der Waals surface area contributed by atoms with E-state index in [1.54, 1.807) is 18.0 Å². The third-order valence-corrected chi connectivity index (χ3v) is 3.44. The molecule has 1 N–H and O–H groups in total. The first kappa shape index (κ1) is 13.8. The smallest absolute Gasteiger partial charge is 0.241 e. The number of amides is 1. The molecule has 1 heterocycles. The zero-order chi connectivity index (χ0) is 13.8. The van der Waals surface area contributed by atoms with Gasteiger partial charge in [-0.2, -0.15) is 0 Å². The zero-order valence-electron chi connectivity index (χ0n) is 11.4. The minimum Gasteiger partial charge on any atom is -0.360 e. The molecule has 19 heavy (non-hydrogen) atoms. The molecule has 1 aliphatic rings. The molecule has 5 heteroatoms. The lowest BCUT2D eigenvalue weighted by molar-refractivity contribution is -0.129. The number of nitrogens with zero attached hydrogens (tertiary/aromatic N) is 2. The Kier molecular flexibility index (Phi) is 4.37. The van der Waals surface area contributed by atoms with Crippen molar-refractivity contribution in [3.05, 3.63) is 29.6 Å². The van der Waals surface area contributed by atoms with Crippen LogP contribution in [0.4, 0.5) is 10.1 Å². The molecule has 1 saturated heterocycles. The third kappa shape index (κ3) is 3.04. The maximum Gasteiger partial charge on any atom is 0.241 e. The third-order valence-electron chi connectivity index (χ3n) is 3.44. The van der Waals surface area contributed by atoms with Crippen molar-refractivity contribution in [2.45, 2.75) is 13.5 Å². The van der Waals surface area contributed by atoms with Crippen LogP contribution >= 0.6 is 0 Å². The number of piperazine rings is 1. The molecule has 0 aromatic heterocycles. The topological polar surface area (TPSA) is 35.6 Å². The maximum atomic E-state index is 13.9. The second-order valence-corrected chi connectivity index (χ2v) is 4.75. The standard InChI is InChI=1S/C14H20FN3O/c1-3-16-9-11-12(15)5-4-6-13(11)18-8-7-17(2)14(19)10-18/h4-6,16H,3,7-10H2,1-2H3. The van der Waals surface area contributed by atoms with Gasteiger partial charge in [-0.3, -0.25) is 4.79 Å². The number of hydrogen-bond donors (Lipinski definition) is 1. The van der Waals surface area contributed by atoms with Crippen LogP contribution in [-0.2, 0) is 11.3 Å². The van der Waals surface area contributed by atoms with E-state index in [4.69, 9.17) is 0 Å². The monoisotopic (exact) mass is 265 g/mol. The summed E-state index contributed by atoms with van der Waals surface area (Å²) >= 11 is 0. The van der Waals surface area contributed by atoms with Gasteiger partial charge in [0.1, 0.15) is 5.82 Å². The van der Waals surface area contributed by atoms with Crippen LogP contribution in [0.3, 0.4) is 0 Å². The molecule has 0 aliphatic carbocycles. The fraction of sp³-hybridized carbons (Fsp3) is 0.500. The van der Waals surface area contributed by atoms with E-state index in [2.05, 4.69) is 5.32 Å². The van der Waals surface area contributed by atoms with Gasteiger partial charge in [0.15, 0.2) is 0 Å². The van der Waals surface area contributed by atoms with Crippen LogP contribution in [0.5, 0.6) is 0 Å². The highest BCUT2D eigenvalue weighted by Gasteiger charge is 2.23. The predicted molar refractivity (Wildman–Crippen MR) is 73.6 cm³/mol. The lowest BCUT2D eigenvalue weighted by Crippen LogP contribution is -2.49. The number of nitrogens with one attached hydrogen (secondary N) is 1. The summed E-state index contributed by atoms with van der Waals surface area (Å²) in [6, 6.07) is 5.05. The molecule has 0 spiro atoms. The molecule has 1 aromatic rings. The van der Waals surface area contributed by atoms with Gasteiger partial charge in [0.05, 0.1) is 6.54 Å². The second kappa shape index (κ2) is 6.02. The predicted octanol–water partition coefficient (Wildman–Crippen LogP) is 1.21. The number of anilines is 1. The van der Waals surface area contributed by atoms with E-state index >= 15 is 0 Å². The fourth-order valence-electron chi connectivity index (χ4n) is 2.23. The first-order chi connectivity index (χ1) is 9.13. The first-order valence-electron chi connectivity index (χ1n) is 6.60. The molecular formula is C14H20FN3O. The average molecular weight is 265 g/mol. The molecule has 1 fully saturated rings. The number of likely N-dealkylation sites (N-methyl/N-ethyl adjacent to an activating group) is 1. The Morgan fingerprint density at radius 2 is 2.16 bits per heavy atom. The van der Waals surface area contributed by atoms with Gasteiger partial charge in [0.25, 0.3) is 0 Å². The van der Waals surface area contributed by atoms with Crippen molar-refractivity contribution in [2.24, 2.45) is 0 Å². The highest BCUT2D eigenvalue weighted by molar-refractivity contribution is 5.83. The molecule has 0 saturated carbocycles. The number of carbonyl (C=O) groups is 1. The Labute approximate surface area is 113 Å². The summed E-state index contributed by atoms with van der Waals surface area (Å²) in [5.41, 5.74) is 1.46. The number of halogens is 1. The Morgan fingerprint density at radius 1 is 1.37 bits per heavy atom. The molecule has 0 radical (unpaired) electrons. The van der Waals surface area contributed by atoms with Crippen molar-refractivity contribution in [1.29, 1.82) is 0 Å². The van der Waals surface area contributed by atoms with Crippen molar-refractivity contribution >= 4 is 11.6 Å². The Bertz CT molecular complexity index is 464. The van der Waals surface area contributed by atoms with Crippen LogP contribution in [0.25, 0.3) is 0 Å². The zero-order valence-corrected chi connectivity index (χ0v) is 11.4. The number of hydrogen-bond acceptors (Lipinski definition) is 3. The Balaban J connectivity index is 2.23. The SMILES string of the molecule is CCNCc1c(F)cccc1N1CCN(C)C(=O)C1. The quantitative estimate of drug-likeness (QED) is 0.889. The van der Waals surface area contributed by atoms with Gasteiger partial charge >= 0.3 is 0 Å². The summed E-state index contributed by atoms with van der Waals surface area (Å²) in [5.74, 6) is -0.144. The molecule has 0 unspecified atom stereocenters. The van der Waals surface area contributed by atoms with E-state index < -0.39 is 0 Å². The summed E-state index contributed by atoms with van der Waals surface area (Å²) in [4.78, 5) is 15.4. The van der Waals surface area contributed by atoms with Gasteiger partial charge in [0, 0.05) is 37.9 Å². The van der Waals surface area contributed by atoms with Crippen LogP contribution in [0, 0.1) is 5.82 Å². The molecule has 1 aliphatic heterocycles. The van der Waals surface area contributed by atoms with Crippen LogP contribution < -0.4 is 10.2 Å². The fourth-order valence-corrected chi connectivity index (χ4v) is 2.23. The van der Waals surface area contributed by atoms with Crippen molar-refractivity contribution in [2.75, 3.05) is 38.1 Å². The van der Waals surface area contributed by atoms with E-state index in [1.165, 1.54) is 6.07 Å². The summed E-state index contributed by atoms with van der Waals surface area (Å²) < 4.78 is 13.9. The van der Waals surface area contributed by atoms with Gasteiger partial charge in [-0.05, 0) is 18.7 Å². The molecule has 4 nitrogen and oxygen atoms in total. The largest absolute Gasteiger partial charge is 0.360 e. The van der Waals surface area contributed by atoms with Gasteiger partial charge in [-0.25, -0.2) is 4.39 Å². The molecule has 1 amide bonds. The summed E-state index contributed by atoms with van der Waals surface area (Å²) in [5, 5.41) is 3.14. The van der Waals surface area contributed by atoms with Crippen molar-refractivity contribution in [3.8, 4) is 0 Å². The molecular weight excluding hydrogens is 245 g/mol. The summed E-state index contributed by atoms with van der Waals surface area (Å²) in [6.07, 6.45) is 0. The van der Waals surface area contributed by atoms with Crippen LogP contribution in [0.2, 0.25) is 0 Å². The van der Waals surface area contributed by atoms with E-state index in [0.29, 0.717) is 25.2 Å². The highest BCUT2D eigenvalue weighted by Crippen LogP contribution is 2.24. The summed E-state index contributed by atoms with van der Waals surface area (Å²) in [6.45, 7) is 4.99. The van der Waals surface area contributed by atoms with Gasteiger partial charge in [-0.15, -0.1) is 0 Å². The maximum absolute atomic E-state index is 13.9.